The Morgan fingerprint density at radius 2 is 2.07 bits per heavy atom. The van der Waals surface area contributed by atoms with Gasteiger partial charge in [-0.25, -0.2) is 4.98 Å². The normalized spacial score (nSPS) is 11.4. The molecule has 2 heterocycles. The number of carbonyl (C=O) groups is 1. The van der Waals surface area contributed by atoms with Gasteiger partial charge in [-0.3, -0.25) is 10.1 Å². The van der Waals surface area contributed by atoms with Crippen molar-refractivity contribution in [3.63, 3.8) is 0 Å². The van der Waals surface area contributed by atoms with Crippen LogP contribution in [0.15, 0.2) is 52.9 Å². The Morgan fingerprint density at radius 3 is 2.93 bits per heavy atom. The van der Waals surface area contributed by atoms with Gasteiger partial charge in [0.05, 0.1) is 11.0 Å². The molecule has 4 aromatic rings. The Labute approximate surface area is 163 Å². The number of nitrogens with zero attached hydrogens (tertiary/aromatic N) is 2. The summed E-state index contributed by atoms with van der Waals surface area (Å²) in [6.45, 7) is 6.05. The van der Waals surface area contributed by atoms with Gasteiger partial charge in [-0.2, -0.15) is 0 Å². The monoisotopic (exact) mass is 377 g/mol. The van der Waals surface area contributed by atoms with Gasteiger partial charge >= 0.3 is 0 Å². The van der Waals surface area contributed by atoms with Crippen LogP contribution in [-0.4, -0.2) is 28.7 Å². The van der Waals surface area contributed by atoms with Gasteiger partial charge in [-0.15, -0.1) is 0 Å². The third-order valence-corrected chi connectivity index (χ3v) is 4.65. The Morgan fingerprint density at radius 1 is 1.21 bits per heavy atom. The zero-order valence-electron chi connectivity index (χ0n) is 16.1. The molecule has 0 atom stereocenters. The van der Waals surface area contributed by atoms with E-state index < -0.39 is 0 Å². The molecule has 0 saturated carbocycles. The van der Waals surface area contributed by atoms with Crippen molar-refractivity contribution in [1.82, 2.24) is 9.55 Å². The van der Waals surface area contributed by atoms with Crippen molar-refractivity contribution in [1.29, 1.82) is 0 Å². The summed E-state index contributed by atoms with van der Waals surface area (Å²) in [5.74, 6) is 0.475. The van der Waals surface area contributed by atoms with Crippen molar-refractivity contribution >= 4 is 33.9 Å². The molecule has 0 radical (unpaired) electrons. The van der Waals surface area contributed by atoms with E-state index in [0.717, 1.165) is 28.4 Å². The van der Waals surface area contributed by atoms with E-state index in [4.69, 9.17) is 9.15 Å². The van der Waals surface area contributed by atoms with Crippen LogP contribution in [0, 0.1) is 6.92 Å². The highest BCUT2D eigenvalue weighted by molar-refractivity contribution is 6.04. The molecule has 0 aliphatic carbocycles. The topological polar surface area (TPSA) is 69.3 Å². The number of furan rings is 1. The second-order valence-electron chi connectivity index (χ2n) is 6.73. The molecule has 144 valence electrons. The molecule has 0 aliphatic heterocycles. The molecular formula is C22H23N3O3. The van der Waals surface area contributed by atoms with E-state index in [-0.39, 0.29) is 11.7 Å². The average Bonchev–Trinajstić information content (AvgIpc) is 3.26. The molecule has 2 aromatic carbocycles. The molecule has 0 spiro atoms. The summed E-state index contributed by atoms with van der Waals surface area (Å²) in [6.07, 6.45) is 0.834. The van der Waals surface area contributed by atoms with Crippen LogP contribution >= 0.6 is 0 Å². The number of carbonyl (C=O) groups excluding carboxylic acids is 1. The summed E-state index contributed by atoms with van der Waals surface area (Å²) in [5.41, 5.74) is 3.64. The number of aryl methyl sites for hydroxylation is 2. The second kappa shape index (κ2) is 7.86. The molecule has 1 N–H and O–H groups in total. The summed E-state index contributed by atoms with van der Waals surface area (Å²) in [6, 6.07) is 15.5. The molecule has 4 rings (SSSR count). The summed E-state index contributed by atoms with van der Waals surface area (Å²) in [5, 5.41) is 3.82. The van der Waals surface area contributed by atoms with Crippen LogP contribution in [0.2, 0.25) is 0 Å². The number of benzene rings is 2. The summed E-state index contributed by atoms with van der Waals surface area (Å²) in [7, 11) is 0. The fraction of sp³-hybridized carbons (Fsp3) is 0.273. The smallest absolute Gasteiger partial charge is 0.293 e. The molecule has 0 fully saturated rings. The Kier molecular flexibility index (Phi) is 5.12. The van der Waals surface area contributed by atoms with Crippen molar-refractivity contribution in [3.05, 3.63) is 59.9 Å². The van der Waals surface area contributed by atoms with E-state index in [0.29, 0.717) is 31.3 Å². The largest absolute Gasteiger partial charge is 0.451 e. The number of para-hydroxylation sites is 2. The second-order valence-corrected chi connectivity index (χ2v) is 6.73. The zero-order chi connectivity index (χ0) is 19.5. The first-order valence-electron chi connectivity index (χ1n) is 9.50. The third kappa shape index (κ3) is 3.64. The van der Waals surface area contributed by atoms with Gasteiger partial charge in [0.15, 0.2) is 5.76 Å². The first-order valence-corrected chi connectivity index (χ1v) is 9.50. The maximum Gasteiger partial charge on any atom is 0.293 e. The lowest BCUT2D eigenvalue weighted by atomic mass is 10.2. The number of hydrogen-bond acceptors (Lipinski definition) is 4. The van der Waals surface area contributed by atoms with Crippen molar-refractivity contribution < 1.29 is 13.9 Å². The minimum Gasteiger partial charge on any atom is -0.451 e. The number of fused-ring (bicyclic) bond motifs is 2. The van der Waals surface area contributed by atoms with E-state index in [2.05, 4.69) is 10.3 Å². The molecule has 1 amide bonds. The van der Waals surface area contributed by atoms with Crippen LogP contribution in [0.4, 0.5) is 5.95 Å². The van der Waals surface area contributed by atoms with Crippen molar-refractivity contribution in [3.8, 4) is 0 Å². The van der Waals surface area contributed by atoms with Crippen molar-refractivity contribution in [2.75, 3.05) is 18.5 Å². The quantitative estimate of drug-likeness (QED) is 0.471. The molecule has 0 aliphatic rings. The highest BCUT2D eigenvalue weighted by atomic mass is 16.5. The van der Waals surface area contributed by atoms with Crippen LogP contribution in [0.25, 0.3) is 22.0 Å². The van der Waals surface area contributed by atoms with Crippen LogP contribution in [-0.2, 0) is 11.3 Å². The van der Waals surface area contributed by atoms with Crippen molar-refractivity contribution in [2.45, 2.75) is 26.8 Å². The number of anilines is 1. The Balaban J connectivity index is 1.61. The molecule has 6 heteroatoms. The molecule has 0 unspecified atom stereocenters. The average molecular weight is 377 g/mol. The van der Waals surface area contributed by atoms with Gasteiger partial charge in [-0.1, -0.05) is 23.8 Å². The fourth-order valence-corrected chi connectivity index (χ4v) is 3.30. The number of rotatable bonds is 7. The van der Waals surface area contributed by atoms with E-state index in [1.165, 1.54) is 0 Å². The maximum absolute atomic E-state index is 12.8. The van der Waals surface area contributed by atoms with E-state index >= 15 is 0 Å². The summed E-state index contributed by atoms with van der Waals surface area (Å²) in [4.78, 5) is 17.4. The van der Waals surface area contributed by atoms with E-state index in [1.54, 1.807) is 6.07 Å². The molecule has 2 aromatic heterocycles. The van der Waals surface area contributed by atoms with Gasteiger partial charge in [0, 0.05) is 25.1 Å². The minimum atomic E-state index is -0.310. The van der Waals surface area contributed by atoms with Crippen molar-refractivity contribution in [2.24, 2.45) is 0 Å². The molecule has 6 nitrogen and oxygen atoms in total. The lowest BCUT2D eigenvalue weighted by molar-refractivity contribution is 0.0997. The lowest BCUT2D eigenvalue weighted by Gasteiger charge is -2.09. The molecule has 0 saturated heterocycles. The predicted octanol–water partition coefficient (Wildman–Crippen LogP) is 4.77. The summed E-state index contributed by atoms with van der Waals surface area (Å²) < 4.78 is 13.2. The number of nitrogens with one attached hydrogen (secondary N) is 1. The lowest BCUT2D eigenvalue weighted by Crippen LogP contribution is -2.16. The van der Waals surface area contributed by atoms with Gasteiger partial charge in [0.2, 0.25) is 5.95 Å². The van der Waals surface area contributed by atoms with Gasteiger partial charge in [-0.05, 0) is 50.6 Å². The number of hydrogen-bond donors (Lipinski definition) is 1. The van der Waals surface area contributed by atoms with Crippen LogP contribution in [0.1, 0.15) is 29.5 Å². The first-order chi connectivity index (χ1) is 13.7. The minimum absolute atomic E-state index is 0.272. The number of amides is 1. The highest BCUT2D eigenvalue weighted by Crippen LogP contribution is 2.23. The molecule has 0 bridgehead atoms. The SMILES string of the molecule is CCOCCCn1c(NC(=O)c2cc3cc(C)ccc3o2)nc2ccccc21. The van der Waals surface area contributed by atoms with Crippen LogP contribution in [0.3, 0.4) is 0 Å². The standard InChI is InChI=1S/C22H23N3O3/c1-3-27-12-6-11-25-18-8-5-4-7-17(18)23-22(25)24-21(26)20-14-16-13-15(2)9-10-19(16)28-20/h4-5,7-10,13-14H,3,6,11-12H2,1-2H3,(H,23,24,26). The van der Waals surface area contributed by atoms with Crippen LogP contribution < -0.4 is 5.32 Å². The van der Waals surface area contributed by atoms with Gasteiger partial charge in [0.1, 0.15) is 5.58 Å². The highest BCUT2D eigenvalue weighted by Gasteiger charge is 2.17. The number of imidazole rings is 1. The van der Waals surface area contributed by atoms with E-state index in [1.807, 2.05) is 60.9 Å². The first kappa shape index (κ1) is 18.3. The third-order valence-electron chi connectivity index (χ3n) is 4.65. The fourth-order valence-electron chi connectivity index (χ4n) is 3.30. The summed E-state index contributed by atoms with van der Waals surface area (Å²) >= 11 is 0. The zero-order valence-corrected chi connectivity index (χ0v) is 16.1. The Hall–Kier alpha value is -3.12. The number of ether oxygens (including phenoxy) is 1. The maximum atomic E-state index is 12.8. The predicted molar refractivity (Wildman–Crippen MR) is 110 cm³/mol. The van der Waals surface area contributed by atoms with Crippen LogP contribution in [0.5, 0.6) is 0 Å². The van der Waals surface area contributed by atoms with Gasteiger partial charge < -0.3 is 13.7 Å². The van der Waals surface area contributed by atoms with Gasteiger partial charge in [0.25, 0.3) is 5.91 Å². The molecular weight excluding hydrogens is 354 g/mol. The number of aromatic nitrogens is 2. The molecule has 28 heavy (non-hydrogen) atoms. The van der Waals surface area contributed by atoms with E-state index in [9.17, 15) is 4.79 Å². The Bertz CT molecular complexity index is 1130.